The van der Waals surface area contributed by atoms with E-state index in [1.54, 1.807) is 4.90 Å². The van der Waals surface area contributed by atoms with Gasteiger partial charge in [-0.25, -0.2) is 4.39 Å². The lowest BCUT2D eigenvalue weighted by Crippen LogP contribution is -2.39. The Morgan fingerprint density at radius 2 is 1.79 bits per heavy atom. The SMILES string of the molecule is OC(c1n[nH]c2c1CN(CC(F)(F)F)CC2)N1CCC(c2cccc(F)c2C(F)(F)F)CC1. The number of fused-ring (bicyclic) bond motifs is 1. The first kappa shape index (κ1) is 24.0. The first-order valence-corrected chi connectivity index (χ1v) is 10.6. The molecule has 2 aliphatic heterocycles. The molecule has 4 rings (SSSR count). The summed E-state index contributed by atoms with van der Waals surface area (Å²) in [7, 11) is 0. The molecule has 1 aromatic carbocycles. The van der Waals surface area contributed by atoms with Crippen LogP contribution in [0.25, 0.3) is 0 Å². The zero-order chi connectivity index (χ0) is 24.0. The number of aromatic nitrogens is 2. The van der Waals surface area contributed by atoms with Gasteiger partial charge >= 0.3 is 12.4 Å². The van der Waals surface area contributed by atoms with E-state index in [1.165, 1.54) is 17.0 Å². The third-order valence-electron chi connectivity index (χ3n) is 6.34. The van der Waals surface area contributed by atoms with E-state index in [0.717, 1.165) is 6.07 Å². The Morgan fingerprint density at radius 3 is 2.42 bits per heavy atom. The minimum absolute atomic E-state index is 0.00750. The summed E-state index contributed by atoms with van der Waals surface area (Å²) in [5.74, 6) is -1.84. The van der Waals surface area contributed by atoms with E-state index in [4.69, 9.17) is 0 Å². The Hall–Kier alpha value is -2.18. The molecule has 1 fully saturated rings. The van der Waals surface area contributed by atoms with Crippen LogP contribution in [-0.2, 0) is 19.1 Å². The van der Waals surface area contributed by atoms with Crippen LogP contribution in [-0.4, -0.2) is 57.5 Å². The van der Waals surface area contributed by atoms with Gasteiger partial charge in [0.15, 0.2) is 6.23 Å². The standard InChI is InChI=1S/C21H23F7N4O/c22-15-3-1-2-13(17(15)21(26,27)28)12-4-8-32(9-5-12)19(33)18-14-10-31(11-20(23,24)25)7-6-16(14)29-30-18/h1-3,12,19,33H,4-11H2,(H,29,30). The van der Waals surface area contributed by atoms with Gasteiger partial charge in [-0.2, -0.15) is 31.4 Å². The lowest BCUT2D eigenvalue weighted by molar-refractivity contribution is -0.147. The number of benzene rings is 1. The molecule has 0 radical (unpaired) electrons. The second-order valence-corrected chi connectivity index (χ2v) is 8.53. The molecule has 0 bridgehead atoms. The summed E-state index contributed by atoms with van der Waals surface area (Å²) in [6.07, 6.45) is -9.49. The van der Waals surface area contributed by atoms with E-state index < -0.39 is 42.4 Å². The number of aromatic amines is 1. The first-order valence-electron chi connectivity index (χ1n) is 10.6. The van der Waals surface area contributed by atoms with Crippen LogP contribution in [0.3, 0.4) is 0 Å². The van der Waals surface area contributed by atoms with Crippen molar-refractivity contribution in [1.29, 1.82) is 0 Å². The molecular formula is C21H23F7N4O. The van der Waals surface area contributed by atoms with E-state index in [0.29, 0.717) is 17.7 Å². The molecule has 12 heteroatoms. The molecule has 1 atom stereocenters. The summed E-state index contributed by atoms with van der Waals surface area (Å²) >= 11 is 0. The van der Waals surface area contributed by atoms with Crippen LogP contribution in [0.5, 0.6) is 0 Å². The third kappa shape index (κ3) is 5.17. The summed E-state index contributed by atoms with van der Waals surface area (Å²) in [5, 5.41) is 17.8. The van der Waals surface area contributed by atoms with Gasteiger partial charge in [0.25, 0.3) is 0 Å². The Balaban J connectivity index is 1.45. The molecule has 33 heavy (non-hydrogen) atoms. The molecule has 2 aliphatic rings. The van der Waals surface area contributed by atoms with Crippen molar-refractivity contribution in [2.75, 3.05) is 26.2 Å². The molecule has 0 spiro atoms. The number of hydrogen-bond acceptors (Lipinski definition) is 4. The number of likely N-dealkylation sites (tertiary alicyclic amines) is 1. The van der Waals surface area contributed by atoms with E-state index >= 15 is 0 Å². The van der Waals surface area contributed by atoms with Crippen molar-refractivity contribution >= 4 is 0 Å². The monoisotopic (exact) mass is 480 g/mol. The van der Waals surface area contributed by atoms with Crippen molar-refractivity contribution in [2.24, 2.45) is 0 Å². The highest BCUT2D eigenvalue weighted by molar-refractivity contribution is 5.35. The lowest BCUT2D eigenvalue weighted by atomic mass is 9.86. The number of aliphatic hydroxyl groups is 1. The first-order chi connectivity index (χ1) is 15.4. The number of nitrogens with zero attached hydrogens (tertiary/aromatic N) is 3. The number of piperidine rings is 1. The van der Waals surface area contributed by atoms with E-state index in [2.05, 4.69) is 10.2 Å². The van der Waals surface area contributed by atoms with Crippen LogP contribution in [0.1, 0.15) is 53.1 Å². The quantitative estimate of drug-likeness (QED) is 0.639. The highest BCUT2D eigenvalue weighted by Crippen LogP contribution is 2.41. The summed E-state index contributed by atoms with van der Waals surface area (Å²) in [4.78, 5) is 2.87. The largest absolute Gasteiger partial charge is 0.419 e. The fourth-order valence-electron chi connectivity index (χ4n) is 4.78. The second kappa shape index (κ2) is 8.88. The van der Waals surface area contributed by atoms with Crippen molar-refractivity contribution < 1.29 is 35.8 Å². The van der Waals surface area contributed by atoms with Gasteiger partial charge in [0.05, 0.1) is 12.1 Å². The maximum atomic E-state index is 13.9. The maximum absolute atomic E-state index is 13.9. The summed E-state index contributed by atoms with van der Waals surface area (Å²) < 4.78 is 92.4. The van der Waals surface area contributed by atoms with Gasteiger partial charge in [0.2, 0.25) is 0 Å². The molecule has 1 aromatic heterocycles. The van der Waals surface area contributed by atoms with Crippen LogP contribution in [0.4, 0.5) is 30.7 Å². The molecule has 0 aliphatic carbocycles. The van der Waals surface area contributed by atoms with Crippen LogP contribution in [0.2, 0.25) is 0 Å². The average molecular weight is 480 g/mol. The maximum Gasteiger partial charge on any atom is 0.419 e. The number of aliphatic hydroxyl groups excluding tert-OH is 1. The number of halogens is 7. The van der Waals surface area contributed by atoms with Gasteiger partial charge < -0.3 is 5.11 Å². The molecule has 5 nitrogen and oxygen atoms in total. The van der Waals surface area contributed by atoms with Crippen molar-refractivity contribution in [3.8, 4) is 0 Å². The molecule has 182 valence electrons. The van der Waals surface area contributed by atoms with Crippen LogP contribution in [0.15, 0.2) is 18.2 Å². The molecular weight excluding hydrogens is 457 g/mol. The number of rotatable bonds is 4. The Morgan fingerprint density at radius 1 is 1.09 bits per heavy atom. The highest BCUT2D eigenvalue weighted by atomic mass is 19.4. The number of H-pyrrole nitrogens is 1. The number of nitrogens with one attached hydrogen (secondary N) is 1. The predicted octanol–water partition coefficient (Wildman–Crippen LogP) is 4.36. The van der Waals surface area contributed by atoms with Crippen LogP contribution in [0, 0.1) is 5.82 Å². The van der Waals surface area contributed by atoms with Gasteiger partial charge in [-0.1, -0.05) is 12.1 Å². The normalized spacial score (nSPS) is 20.1. The Labute approximate surface area is 185 Å². The van der Waals surface area contributed by atoms with Gasteiger partial charge in [-0.3, -0.25) is 14.9 Å². The van der Waals surface area contributed by atoms with E-state index in [-0.39, 0.29) is 50.3 Å². The fourth-order valence-corrected chi connectivity index (χ4v) is 4.78. The van der Waals surface area contributed by atoms with Crippen molar-refractivity contribution in [3.63, 3.8) is 0 Å². The van der Waals surface area contributed by atoms with Gasteiger partial charge in [-0.15, -0.1) is 0 Å². The fraction of sp³-hybridized carbons (Fsp3) is 0.571. The minimum Gasteiger partial charge on any atom is -0.372 e. The molecule has 2 aromatic rings. The summed E-state index contributed by atoms with van der Waals surface area (Å²) in [5.41, 5.74) is 0.0697. The van der Waals surface area contributed by atoms with E-state index in [1.807, 2.05) is 0 Å². The Kier molecular flexibility index (Phi) is 6.45. The molecule has 1 saturated heterocycles. The van der Waals surface area contributed by atoms with Gasteiger partial charge in [-0.05, 0) is 30.4 Å². The smallest absolute Gasteiger partial charge is 0.372 e. The minimum atomic E-state index is -4.81. The average Bonchev–Trinajstić information content (AvgIpc) is 3.14. The van der Waals surface area contributed by atoms with Crippen LogP contribution < -0.4 is 0 Å². The summed E-state index contributed by atoms with van der Waals surface area (Å²) in [6, 6.07) is 3.32. The zero-order valence-corrected chi connectivity index (χ0v) is 17.5. The van der Waals surface area contributed by atoms with Crippen molar-refractivity contribution in [2.45, 2.75) is 50.3 Å². The molecule has 0 saturated carbocycles. The molecule has 3 heterocycles. The number of hydrogen-bond donors (Lipinski definition) is 2. The molecule has 0 amide bonds. The van der Waals surface area contributed by atoms with Crippen molar-refractivity contribution in [3.05, 3.63) is 52.1 Å². The van der Waals surface area contributed by atoms with E-state index in [9.17, 15) is 35.8 Å². The van der Waals surface area contributed by atoms with Gasteiger partial charge in [0.1, 0.15) is 11.5 Å². The lowest BCUT2D eigenvalue weighted by Gasteiger charge is -2.36. The molecule has 2 N–H and O–H groups in total. The Bertz CT molecular complexity index is 980. The topological polar surface area (TPSA) is 55.4 Å². The van der Waals surface area contributed by atoms with Crippen molar-refractivity contribution in [1.82, 2.24) is 20.0 Å². The predicted molar refractivity (Wildman–Crippen MR) is 104 cm³/mol. The highest BCUT2D eigenvalue weighted by Gasteiger charge is 2.40. The second-order valence-electron chi connectivity index (χ2n) is 8.53. The van der Waals surface area contributed by atoms with Crippen LogP contribution >= 0.6 is 0 Å². The van der Waals surface area contributed by atoms with Gasteiger partial charge in [0, 0.05) is 43.9 Å². The molecule has 1 unspecified atom stereocenters. The third-order valence-corrected chi connectivity index (χ3v) is 6.34. The summed E-state index contributed by atoms with van der Waals surface area (Å²) in [6.45, 7) is -0.397. The zero-order valence-electron chi connectivity index (χ0n) is 17.5. The number of alkyl halides is 6.